The number of methoxy groups -OCH3 is 1. The van der Waals surface area contributed by atoms with E-state index in [0.717, 1.165) is 16.9 Å². The van der Waals surface area contributed by atoms with Crippen molar-refractivity contribution in [2.24, 2.45) is 0 Å². The average Bonchev–Trinajstić information content (AvgIpc) is 2.72. The Hall–Kier alpha value is -3.51. The van der Waals surface area contributed by atoms with Crippen molar-refractivity contribution in [2.45, 2.75) is 6.92 Å². The third-order valence-corrected chi connectivity index (χ3v) is 4.55. The van der Waals surface area contributed by atoms with Crippen LogP contribution in [0.5, 0.6) is 5.75 Å². The normalized spacial score (nSPS) is 10.2. The zero-order valence-electron chi connectivity index (χ0n) is 16.0. The topological polar surface area (TPSA) is 79.5 Å². The van der Waals surface area contributed by atoms with Crippen LogP contribution in [0.1, 0.15) is 5.56 Å². The molecule has 0 bridgehead atoms. The summed E-state index contributed by atoms with van der Waals surface area (Å²) >= 11 is 6.06. The molecule has 0 fully saturated rings. The molecular formula is C22H20ClN3O3. The van der Waals surface area contributed by atoms with Crippen LogP contribution >= 0.6 is 11.6 Å². The molecule has 6 nitrogen and oxygen atoms in total. The maximum absolute atomic E-state index is 12.3. The number of para-hydroxylation sites is 1. The first-order valence-corrected chi connectivity index (χ1v) is 9.22. The minimum atomic E-state index is -0.809. The molecule has 148 valence electrons. The predicted molar refractivity (Wildman–Crippen MR) is 116 cm³/mol. The number of benzene rings is 3. The third kappa shape index (κ3) is 5.27. The largest absolute Gasteiger partial charge is 0.495 e. The smallest absolute Gasteiger partial charge is 0.314 e. The Morgan fingerprint density at radius 3 is 2.07 bits per heavy atom. The molecule has 7 heteroatoms. The highest BCUT2D eigenvalue weighted by Gasteiger charge is 2.17. The standard InChI is InChI=1S/C22H20ClN3O3/c1-14-12-19(20(29-2)13-18(14)23)26-22(28)21(27)25-17-10-8-16(9-11-17)24-15-6-4-3-5-7-15/h3-13,24H,1-2H3,(H,25,27)(H,26,28). The fourth-order valence-electron chi connectivity index (χ4n) is 2.62. The van der Waals surface area contributed by atoms with Gasteiger partial charge >= 0.3 is 11.8 Å². The number of carbonyl (C=O) groups excluding carboxylic acids is 2. The van der Waals surface area contributed by atoms with Gasteiger partial charge < -0.3 is 20.7 Å². The summed E-state index contributed by atoms with van der Waals surface area (Å²) in [6, 6.07) is 20.0. The molecule has 0 unspecified atom stereocenters. The molecular weight excluding hydrogens is 390 g/mol. The molecule has 0 aliphatic rings. The summed E-state index contributed by atoms with van der Waals surface area (Å²) in [6.07, 6.45) is 0. The highest BCUT2D eigenvalue weighted by Crippen LogP contribution is 2.31. The summed E-state index contributed by atoms with van der Waals surface area (Å²) in [5, 5.41) is 8.87. The van der Waals surface area contributed by atoms with Gasteiger partial charge in [-0.2, -0.15) is 0 Å². The van der Waals surface area contributed by atoms with E-state index in [4.69, 9.17) is 16.3 Å². The van der Waals surface area contributed by atoms with Gasteiger partial charge in [-0.1, -0.05) is 29.8 Å². The number of nitrogens with one attached hydrogen (secondary N) is 3. The second-order valence-corrected chi connectivity index (χ2v) is 6.69. The molecule has 0 radical (unpaired) electrons. The van der Waals surface area contributed by atoms with E-state index in [0.29, 0.717) is 22.1 Å². The van der Waals surface area contributed by atoms with Gasteiger partial charge in [0.15, 0.2) is 0 Å². The van der Waals surface area contributed by atoms with Gasteiger partial charge in [0.05, 0.1) is 12.8 Å². The van der Waals surface area contributed by atoms with E-state index in [2.05, 4.69) is 16.0 Å². The van der Waals surface area contributed by atoms with Crippen molar-refractivity contribution in [3.63, 3.8) is 0 Å². The first kappa shape index (κ1) is 20.2. The fourth-order valence-corrected chi connectivity index (χ4v) is 2.78. The second kappa shape index (κ2) is 9.12. The van der Waals surface area contributed by atoms with Crippen LogP contribution in [0.25, 0.3) is 0 Å². The highest BCUT2D eigenvalue weighted by atomic mass is 35.5. The molecule has 3 aromatic carbocycles. The number of aryl methyl sites for hydroxylation is 1. The molecule has 0 aromatic heterocycles. The lowest BCUT2D eigenvalue weighted by Gasteiger charge is -2.12. The third-order valence-electron chi connectivity index (χ3n) is 4.14. The summed E-state index contributed by atoms with van der Waals surface area (Å²) in [4.78, 5) is 24.5. The van der Waals surface area contributed by atoms with Gasteiger partial charge in [-0.3, -0.25) is 9.59 Å². The Morgan fingerprint density at radius 1 is 0.828 bits per heavy atom. The number of hydrogen-bond donors (Lipinski definition) is 3. The van der Waals surface area contributed by atoms with Gasteiger partial charge in [0.2, 0.25) is 0 Å². The molecule has 0 atom stereocenters. The van der Waals surface area contributed by atoms with E-state index in [1.54, 1.807) is 31.2 Å². The van der Waals surface area contributed by atoms with Gasteiger partial charge in [0.1, 0.15) is 5.75 Å². The summed E-state index contributed by atoms with van der Waals surface area (Å²) in [5.74, 6) is -1.22. The van der Waals surface area contributed by atoms with Crippen molar-refractivity contribution in [1.82, 2.24) is 0 Å². The molecule has 3 N–H and O–H groups in total. The molecule has 29 heavy (non-hydrogen) atoms. The Balaban J connectivity index is 1.63. The average molecular weight is 410 g/mol. The number of amides is 2. The first-order chi connectivity index (χ1) is 14.0. The van der Waals surface area contributed by atoms with E-state index in [-0.39, 0.29) is 0 Å². The maximum Gasteiger partial charge on any atom is 0.314 e. The highest BCUT2D eigenvalue weighted by molar-refractivity contribution is 6.43. The lowest BCUT2D eigenvalue weighted by atomic mass is 10.2. The summed E-state index contributed by atoms with van der Waals surface area (Å²) in [6.45, 7) is 1.79. The van der Waals surface area contributed by atoms with Crippen molar-refractivity contribution < 1.29 is 14.3 Å². The molecule has 0 aliphatic carbocycles. The molecule has 0 spiro atoms. The van der Waals surface area contributed by atoms with Crippen molar-refractivity contribution in [3.8, 4) is 5.75 Å². The van der Waals surface area contributed by atoms with Gasteiger partial charge in [-0.05, 0) is 55.0 Å². The Bertz CT molecular complexity index is 1020. The number of anilines is 4. The van der Waals surface area contributed by atoms with Gasteiger partial charge in [-0.15, -0.1) is 0 Å². The molecule has 0 saturated heterocycles. The quantitative estimate of drug-likeness (QED) is 0.519. The van der Waals surface area contributed by atoms with Gasteiger partial charge in [0.25, 0.3) is 0 Å². The summed E-state index contributed by atoms with van der Waals surface area (Å²) < 4.78 is 5.20. The van der Waals surface area contributed by atoms with Crippen molar-refractivity contribution in [3.05, 3.63) is 77.3 Å². The molecule has 3 aromatic rings. The van der Waals surface area contributed by atoms with Crippen LogP contribution in [-0.2, 0) is 9.59 Å². The lowest BCUT2D eigenvalue weighted by Crippen LogP contribution is -2.29. The molecule has 3 rings (SSSR count). The van der Waals surface area contributed by atoms with Crippen molar-refractivity contribution in [1.29, 1.82) is 0 Å². The fraction of sp³-hybridized carbons (Fsp3) is 0.0909. The number of ether oxygens (including phenoxy) is 1. The van der Waals surface area contributed by atoms with Crippen LogP contribution in [0.3, 0.4) is 0 Å². The number of carbonyl (C=O) groups is 2. The van der Waals surface area contributed by atoms with Crippen LogP contribution in [-0.4, -0.2) is 18.9 Å². The molecule has 0 heterocycles. The van der Waals surface area contributed by atoms with Gasteiger partial charge in [-0.25, -0.2) is 0 Å². The van der Waals surface area contributed by atoms with Crippen LogP contribution < -0.4 is 20.7 Å². The number of hydrogen-bond acceptors (Lipinski definition) is 4. The Labute approximate surface area is 173 Å². The second-order valence-electron chi connectivity index (χ2n) is 6.28. The Kier molecular flexibility index (Phi) is 6.36. The van der Waals surface area contributed by atoms with Crippen LogP contribution in [0.2, 0.25) is 5.02 Å². The zero-order valence-corrected chi connectivity index (χ0v) is 16.7. The van der Waals surface area contributed by atoms with E-state index >= 15 is 0 Å². The summed E-state index contributed by atoms with van der Waals surface area (Å²) in [7, 11) is 1.46. The molecule has 0 saturated carbocycles. The zero-order chi connectivity index (χ0) is 20.8. The SMILES string of the molecule is COc1cc(Cl)c(C)cc1NC(=O)C(=O)Nc1ccc(Nc2ccccc2)cc1. The maximum atomic E-state index is 12.3. The van der Waals surface area contributed by atoms with E-state index < -0.39 is 11.8 Å². The molecule has 0 aliphatic heterocycles. The Morgan fingerprint density at radius 2 is 1.41 bits per heavy atom. The van der Waals surface area contributed by atoms with E-state index in [1.807, 2.05) is 42.5 Å². The lowest BCUT2D eigenvalue weighted by molar-refractivity contribution is -0.133. The van der Waals surface area contributed by atoms with E-state index in [1.165, 1.54) is 7.11 Å². The predicted octanol–water partition coefficient (Wildman–Crippen LogP) is 4.98. The van der Waals surface area contributed by atoms with Crippen LogP contribution in [0.15, 0.2) is 66.7 Å². The van der Waals surface area contributed by atoms with E-state index in [9.17, 15) is 9.59 Å². The van der Waals surface area contributed by atoms with Crippen molar-refractivity contribution >= 4 is 46.2 Å². The van der Waals surface area contributed by atoms with Crippen LogP contribution in [0, 0.1) is 6.92 Å². The number of halogens is 1. The van der Waals surface area contributed by atoms with Gasteiger partial charge in [0, 0.05) is 28.2 Å². The first-order valence-electron chi connectivity index (χ1n) is 8.85. The minimum absolute atomic E-state index is 0.372. The van der Waals surface area contributed by atoms with Crippen LogP contribution in [0.4, 0.5) is 22.7 Å². The monoisotopic (exact) mass is 409 g/mol. The number of rotatable bonds is 5. The molecule has 2 amide bonds. The summed E-state index contributed by atoms with van der Waals surface area (Å²) in [5.41, 5.74) is 3.44. The van der Waals surface area contributed by atoms with Crippen molar-refractivity contribution in [2.75, 3.05) is 23.1 Å². The minimum Gasteiger partial charge on any atom is -0.495 e.